The van der Waals surface area contributed by atoms with Gasteiger partial charge in [-0.05, 0) is 44.1 Å². The van der Waals surface area contributed by atoms with Crippen molar-refractivity contribution in [1.82, 2.24) is 4.90 Å². The van der Waals surface area contributed by atoms with E-state index in [1.807, 2.05) is 12.1 Å². The lowest BCUT2D eigenvalue weighted by Gasteiger charge is -2.32. The molecule has 1 aliphatic heterocycles. The summed E-state index contributed by atoms with van der Waals surface area (Å²) in [5, 5.41) is 0. The van der Waals surface area contributed by atoms with Gasteiger partial charge in [0.15, 0.2) is 0 Å². The second kappa shape index (κ2) is 4.09. The molecule has 2 heteroatoms. The van der Waals surface area contributed by atoms with Crippen LogP contribution < -0.4 is 0 Å². The normalized spacial score (nSPS) is 23.7. The molecule has 0 spiro atoms. The van der Waals surface area contributed by atoms with E-state index < -0.39 is 0 Å². The van der Waals surface area contributed by atoms with E-state index in [1.165, 1.54) is 24.8 Å². The fourth-order valence-electron chi connectivity index (χ4n) is 2.18. The summed E-state index contributed by atoms with van der Waals surface area (Å²) >= 11 is 0. The first-order chi connectivity index (χ1) is 6.77. The molecule has 76 valence electrons. The van der Waals surface area contributed by atoms with Crippen molar-refractivity contribution >= 4 is 0 Å². The molecule has 0 aromatic heterocycles. The van der Waals surface area contributed by atoms with E-state index in [2.05, 4.69) is 11.9 Å². The van der Waals surface area contributed by atoms with E-state index in [0.717, 1.165) is 6.54 Å². The zero-order valence-electron chi connectivity index (χ0n) is 8.54. The molecule has 1 unspecified atom stereocenters. The maximum atomic E-state index is 12.7. The van der Waals surface area contributed by atoms with Crippen LogP contribution in [0.1, 0.15) is 30.9 Å². The minimum Gasteiger partial charge on any atom is -0.299 e. The molecule has 1 nitrogen and oxygen atoms in total. The molecule has 1 aromatic rings. The van der Waals surface area contributed by atoms with E-state index in [4.69, 9.17) is 0 Å². The van der Waals surface area contributed by atoms with Gasteiger partial charge in [0.2, 0.25) is 0 Å². The van der Waals surface area contributed by atoms with E-state index in [-0.39, 0.29) is 5.82 Å². The molecule has 1 aromatic carbocycles. The number of hydrogen-bond donors (Lipinski definition) is 0. The van der Waals surface area contributed by atoms with Crippen molar-refractivity contribution in [2.24, 2.45) is 0 Å². The quantitative estimate of drug-likeness (QED) is 0.662. The van der Waals surface area contributed by atoms with Gasteiger partial charge < -0.3 is 0 Å². The number of rotatable bonds is 1. The van der Waals surface area contributed by atoms with Gasteiger partial charge in [-0.25, -0.2) is 4.39 Å². The highest BCUT2D eigenvalue weighted by molar-refractivity contribution is 5.20. The van der Waals surface area contributed by atoms with E-state index in [9.17, 15) is 4.39 Å². The molecule has 0 saturated carbocycles. The Morgan fingerprint density at radius 1 is 1.21 bits per heavy atom. The van der Waals surface area contributed by atoms with E-state index in [1.54, 1.807) is 12.1 Å². The van der Waals surface area contributed by atoms with E-state index in [0.29, 0.717) is 6.04 Å². The lowest BCUT2D eigenvalue weighted by molar-refractivity contribution is 0.187. The fraction of sp³-hybridized carbons (Fsp3) is 0.500. The molecular formula is C12H16FN. The number of benzene rings is 1. The maximum absolute atomic E-state index is 12.7. The van der Waals surface area contributed by atoms with Crippen LogP contribution in [0.4, 0.5) is 4.39 Å². The molecule has 1 atom stereocenters. The molecule has 2 rings (SSSR count). The average Bonchev–Trinajstić information content (AvgIpc) is 2.20. The molecule has 0 N–H and O–H groups in total. The van der Waals surface area contributed by atoms with Crippen LogP contribution in [-0.2, 0) is 0 Å². The molecule has 1 saturated heterocycles. The number of halogens is 1. The topological polar surface area (TPSA) is 3.24 Å². The molecule has 1 heterocycles. The van der Waals surface area contributed by atoms with Gasteiger partial charge >= 0.3 is 0 Å². The number of nitrogens with zero attached hydrogens (tertiary/aromatic N) is 1. The monoisotopic (exact) mass is 193 g/mol. The summed E-state index contributed by atoms with van der Waals surface area (Å²) in [7, 11) is 2.15. The Morgan fingerprint density at radius 3 is 2.57 bits per heavy atom. The van der Waals surface area contributed by atoms with Crippen LogP contribution in [-0.4, -0.2) is 18.5 Å². The molecular weight excluding hydrogens is 177 g/mol. The molecule has 0 radical (unpaired) electrons. The third-order valence-corrected chi connectivity index (χ3v) is 3.03. The second-order valence-corrected chi connectivity index (χ2v) is 4.04. The summed E-state index contributed by atoms with van der Waals surface area (Å²) in [6, 6.07) is 7.41. The molecule has 0 aliphatic carbocycles. The predicted octanol–water partition coefficient (Wildman–Crippen LogP) is 2.98. The summed E-state index contributed by atoms with van der Waals surface area (Å²) in [4.78, 5) is 2.36. The van der Waals surface area contributed by atoms with Crippen LogP contribution in [0, 0.1) is 5.82 Å². The number of hydrogen-bond acceptors (Lipinski definition) is 1. The van der Waals surface area contributed by atoms with Crippen molar-refractivity contribution < 1.29 is 4.39 Å². The molecule has 0 amide bonds. The molecule has 14 heavy (non-hydrogen) atoms. The summed E-state index contributed by atoms with van der Waals surface area (Å²) < 4.78 is 12.7. The Morgan fingerprint density at radius 2 is 1.93 bits per heavy atom. The minimum absolute atomic E-state index is 0.146. The van der Waals surface area contributed by atoms with Crippen LogP contribution in [0.2, 0.25) is 0 Å². The van der Waals surface area contributed by atoms with Crippen molar-refractivity contribution in [2.75, 3.05) is 13.6 Å². The third kappa shape index (κ3) is 1.95. The van der Waals surface area contributed by atoms with Crippen LogP contribution >= 0.6 is 0 Å². The molecule has 1 fully saturated rings. The largest absolute Gasteiger partial charge is 0.299 e. The van der Waals surface area contributed by atoms with Gasteiger partial charge in [-0.1, -0.05) is 18.6 Å². The highest BCUT2D eigenvalue weighted by atomic mass is 19.1. The Bertz CT molecular complexity index is 294. The second-order valence-electron chi connectivity index (χ2n) is 4.04. The van der Waals surface area contributed by atoms with Gasteiger partial charge in [0.05, 0.1) is 0 Å². The number of piperidine rings is 1. The van der Waals surface area contributed by atoms with Crippen LogP contribution in [0.5, 0.6) is 0 Å². The fourth-order valence-corrected chi connectivity index (χ4v) is 2.18. The highest BCUT2D eigenvalue weighted by Crippen LogP contribution is 2.29. The Kier molecular flexibility index (Phi) is 2.82. The Labute approximate surface area is 84.5 Å². The minimum atomic E-state index is -0.146. The summed E-state index contributed by atoms with van der Waals surface area (Å²) in [5.74, 6) is -0.146. The van der Waals surface area contributed by atoms with Gasteiger partial charge in [0.1, 0.15) is 5.82 Å². The van der Waals surface area contributed by atoms with Gasteiger partial charge in [-0.3, -0.25) is 4.90 Å². The van der Waals surface area contributed by atoms with Crippen LogP contribution in [0.15, 0.2) is 24.3 Å². The standard InChI is InChI=1S/C12H16FN/c1-14-9-3-2-4-12(14)10-5-7-11(13)8-6-10/h5-8,12H,2-4,9H2,1H3. The SMILES string of the molecule is CN1CCCCC1c1ccc(F)cc1. The molecule has 0 bridgehead atoms. The first kappa shape index (κ1) is 9.66. The van der Waals surface area contributed by atoms with Crippen molar-refractivity contribution in [2.45, 2.75) is 25.3 Å². The van der Waals surface area contributed by atoms with Crippen molar-refractivity contribution in [3.05, 3.63) is 35.6 Å². The van der Waals surface area contributed by atoms with Gasteiger partial charge in [-0.15, -0.1) is 0 Å². The van der Waals surface area contributed by atoms with Gasteiger partial charge in [-0.2, -0.15) is 0 Å². The predicted molar refractivity (Wildman–Crippen MR) is 55.6 cm³/mol. The Balaban J connectivity index is 2.16. The highest BCUT2D eigenvalue weighted by Gasteiger charge is 2.19. The summed E-state index contributed by atoms with van der Waals surface area (Å²) in [5.41, 5.74) is 1.24. The first-order valence-corrected chi connectivity index (χ1v) is 5.23. The summed E-state index contributed by atoms with van der Waals surface area (Å²) in [6.07, 6.45) is 3.77. The zero-order chi connectivity index (χ0) is 9.97. The van der Waals surface area contributed by atoms with E-state index >= 15 is 0 Å². The molecule has 1 aliphatic rings. The van der Waals surface area contributed by atoms with Crippen molar-refractivity contribution in [3.8, 4) is 0 Å². The summed E-state index contributed by atoms with van der Waals surface area (Å²) in [6.45, 7) is 1.15. The smallest absolute Gasteiger partial charge is 0.123 e. The zero-order valence-corrected chi connectivity index (χ0v) is 8.54. The van der Waals surface area contributed by atoms with Crippen LogP contribution in [0.25, 0.3) is 0 Å². The van der Waals surface area contributed by atoms with Crippen molar-refractivity contribution in [3.63, 3.8) is 0 Å². The van der Waals surface area contributed by atoms with Gasteiger partial charge in [0, 0.05) is 6.04 Å². The van der Waals surface area contributed by atoms with Crippen LogP contribution in [0.3, 0.4) is 0 Å². The maximum Gasteiger partial charge on any atom is 0.123 e. The average molecular weight is 193 g/mol. The lowest BCUT2D eigenvalue weighted by Crippen LogP contribution is -2.29. The Hall–Kier alpha value is -0.890. The third-order valence-electron chi connectivity index (χ3n) is 3.03. The van der Waals surface area contributed by atoms with Crippen molar-refractivity contribution in [1.29, 1.82) is 0 Å². The number of likely N-dealkylation sites (tertiary alicyclic amines) is 1. The lowest BCUT2D eigenvalue weighted by atomic mass is 9.96. The van der Waals surface area contributed by atoms with Gasteiger partial charge in [0.25, 0.3) is 0 Å². The first-order valence-electron chi connectivity index (χ1n) is 5.23.